The van der Waals surface area contributed by atoms with Crippen molar-refractivity contribution in [1.82, 2.24) is 4.72 Å². The van der Waals surface area contributed by atoms with Gasteiger partial charge < -0.3 is 5.73 Å². The van der Waals surface area contributed by atoms with E-state index in [1.54, 1.807) is 0 Å². The van der Waals surface area contributed by atoms with E-state index in [1.165, 1.54) is 5.56 Å². The molecule has 0 heterocycles. The average Bonchev–Trinajstić information content (AvgIpc) is 2.36. The van der Waals surface area contributed by atoms with E-state index in [0.717, 1.165) is 19.3 Å². The lowest BCUT2D eigenvalue weighted by molar-refractivity contribution is 0.575. The highest BCUT2D eigenvalue weighted by Crippen LogP contribution is 2.02. The Hall–Kier alpha value is -0.910. The summed E-state index contributed by atoms with van der Waals surface area (Å²) in [5.41, 5.74) is 6.56. The summed E-state index contributed by atoms with van der Waals surface area (Å²) in [7, 11) is -3.11. The summed E-state index contributed by atoms with van der Waals surface area (Å²) in [4.78, 5) is 0. The predicted molar refractivity (Wildman–Crippen MR) is 74.8 cm³/mol. The monoisotopic (exact) mass is 270 g/mol. The maximum absolute atomic E-state index is 11.6. The summed E-state index contributed by atoms with van der Waals surface area (Å²) in [5, 5.41) is 0. The molecule has 0 fully saturated rings. The van der Waals surface area contributed by atoms with Gasteiger partial charge in [-0.3, -0.25) is 0 Å². The molecule has 0 aliphatic carbocycles. The van der Waals surface area contributed by atoms with Gasteiger partial charge in [-0.05, 0) is 37.8 Å². The van der Waals surface area contributed by atoms with Gasteiger partial charge in [-0.15, -0.1) is 0 Å². The van der Waals surface area contributed by atoms with Gasteiger partial charge in [0, 0.05) is 6.54 Å². The molecule has 0 aliphatic heterocycles. The standard InChI is InChI=1S/C13H22N2O2S/c14-10-4-5-12-18(16,17)15-11-6-9-13-7-2-1-3-8-13/h1-3,7-8,15H,4-6,9-12,14H2. The third-order valence-corrected chi connectivity index (χ3v) is 4.14. The normalized spacial score (nSPS) is 11.6. The molecular formula is C13H22N2O2S. The molecule has 4 nitrogen and oxygen atoms in total. The van der Waals surface area contributed by atoms with E-state index < -0.39 is 10.0 Å². The van der Waals surface area contributed by atoms with Gasteiger partial charge in [0.1, 0.15) is 0 Å². The molecule has 1 aromatic carbocycles. The Balaban J connectivity index is 2.17. The van der Waals surface area contributed by atoms with Crippen LogP contribution in [0.1, 0.15) is 24.8 Å². The summed E-state index contributed by atoms with van der Waals surface area (Å²) < 4.78 is 25.7. The smallest absolute Gasteiger partial charge is 0.211 e. The first-order chi connectivity index (χ1) is 8.64. The zero-order valence-corrected chi connectivity index (χ0v) is 11.5. The second kappa shape index (κ2) is 8.24. The van der Waals surface area contributed by atoms with Crippen LogP contribution < -0.4 is 10.5 Å². The minimum absolute atomic E-state index is 0.176. The maximum atomic E-state index is 11.6. The fourth-order valence-corrected chi connectivity index (χ4v) is 2.86. The number of sulfonamides is 1. The van der Waals surface area contributed by atoms with Crippen molar-refractivity contribution in [2.75, 3.05) is 18.8 Å². The van der Waals surface area contributed by atoms with Gasteiger partial charge in [-0.25, -0.2) is 13.1 Å². The van der Waals surface area contributed by atoms with Crippen LogP contribution in [0.15, 0.2) is 30.3 Å². The van der Waals surface area contributed by atoms with Crippen molar-refractivity contribution in [3.8, 4) is 0 Å². The minimum Gasteiger partial charge on any atom is -0.330 e. The summed E-state index contributed by atoms with van der Waals surface area (Å²) in [6, 6.07) is 10.1. The van der Waals surface area contributed by atoms with Crippen molar-refractivity contribution in [2.45, 2.75) is 25.7 Å². The first kappa shape index (κ1) is 15.1. The second-order valence-electron chi connectivity index (χ2n) is 4.30. The first-order valence-electron chi connectivity index (χ1n) is 6.35. The highest BCUT2D eigenvalue weighted by atomic mass is 32.2. The van der Waals surface area contributed by atoms with E-state index in [9.17, 15) is 8.42 Å². The Morgan fingerprint density at radius 1 is 1.06 bits per heavy atom. The van der Waals surface area contributed by atoms with Gasteiger partial charge in [-0.1, -0.05) is 30.3 Å². The number of hydrogen-bond donors (Lipinski definition) is 2. The second-order valence-corrected chi connectivity index (χ2v) is 6.22. The topological polar surface area (TPSA) is 72.2 Å². The third kappa shape index (κ3) is 6.74. The molecule has 5 heteroatoms. The van der Waals surface area contributed by atoms with Crippen LogP contribution in [0.5, 0.6) is 0 Å². The number of unbranched alkanes of at least 4 members (excludes halogenated alkanes) is 1. The van der Waals surface area contributed by atoms with Crippen LogP contribution in [0.4, 0.5) is 0 Å². The van der Waals surface area contributed by atoms with E-state index in [2.05, 4.69) is 16.9 Å². The zero-order valence-electron chi connectivity index (χ0n) is 10.6. The fourth-order valence-electron chi connectivity index (χ4n) is 1.67. The third-order valence-electron chi connectivity index (χ3n) is 2.67. The van der Waals surface area contributed by atoms with Crippen LogP contribution in [0.25, 0.3) is 0 Å². The van der Waals surface area contributed by atoms with Crippen LogP contribution in [0.3, 0.4) is 0 Å². The lowest BCUT2D eigenvalue weighted by atomic mass is 10.1. The molecular weight excluding hydrogens is 248 g/mol. The molecule has 18 heavy (non-hydrogen) atoms. The number of benzene rings is 1. The molecule has 0 bridgehead atoms. The molecule has 3 N–H and O–H groups in total. The van der Waals surface area contributed by atoms with Gasteiger partial charge in [0.15, 0.2) is 0 Å². The SMILES string of the molecule is NCCCCS(=O)(=O)NCCCc1ccccc1. The van der Waals surface area contributed by atoms with Crippen molar-refractivity contribution in [2.24, 2.45) is 5.73 Å². The minimum atomic E-state index is -3.11. The van der Waals surface area contributed by atoms with Crippen LogP contribution in [0.2, 0.25) is 0 Å². The first-order valence-corrected chi connectivity index (χ1v) is 8.00. The van der Waals surface area contributed by atoms with Crippen LogP contribution in [0, 0.1) is 0 Å². The molecule has 0 unspecified atom stereocenters. The van der Waals surface area contributed by atoms with E-state index in [4.69, 9.17) is 5.73 Å². The Labute approximate surface area is 110 Å². The zero-order chi connectivity index (χ0) is 13.3. The molecule has 0 atom stereocenters. The molecule has 0 aliphatic rings. The summed E-state index contributed by atoms with van der Waals surface area (Å²) in [5.74, 6) is 0.176. The number of rotatable bonds is 9. The van der Waals surface area contributed by atoms with Gasteiger partial charge in [0.05, 0.1) is 5.75 Å². The van der Waals surface area contributed by atoms with Crippen molar-refractivity contribution >= 4 is 10.0 Å². The Morgan fingerprint density at radius 2 is 1.78 bits per heavy atom. The van der Waals surface area contributed by atoms with Crippen molar-refractivity contribution in [1.29, 1.82) is 0 Å². The molecule has 0 amide bonds. The number of nitrogens with two attached hydrogens (primary N) is 1. The maximum Gasteiger partial charge on any atom is 0.211 e. The molecule has 1 aromatic rings. The lowest BCUT2D eigenvalue weighted by Gasteiger charge is -2.06. The summed E-state index contributed by atoms with van der Waals surface area (Å²) in [6.07, 6.45) is 3.10. The fraction of sp³-hybridized carbons (Fsp3) is 0.538. The van der Waals surface area contributed by atoms with Gasteiger partial charge in [-0.2, -0.15) is 0 Å². The molecule has 102 valence electrons. The quantitative estimate of drug-likeness (QED) is 0.664. The van der Waals surface area contributed by atoms with Gasteiger partial charge in [0.25, 0.3) is 0 Å². The molecule has 0 saturated carbocycles. The molecule has 1 rings (SSSR count). The molecule has 0 spiro atoms. The number of aryl methyl sites for hydroxylation is 1. The Morgan fingerprint density at radius 3 is 2.44 bits per heavy atom. The highest BCUT2D eigenvalue weighted by Gasteiger charge is 2.08. The van der Waals surface area contributed by atoms with Crippen molar-refractivity contribution < 1.29 is 8.42 Å². The molecule has 0 radical (unpaired) electrons. The summed E-state index contributed by atoms with van der Waals surface area (Å²) >= 11 is 0. The molecule has 0 aromatic heterocycles. The Kier molecular flexibility index (Phi) is 6.93. The van der Waals surface area contributed by atoms with E-state index >= 15 is 0 Å². The van der Waals surface area contributed by atoms with Crippen LogP contribution >= 0.6 is 0 Å². The van der Waals surface area contributed by atoms with Gasteiger partial charge >= 0.3 is 0 Å². The predicted octanol–water partition coefficient (Wildman–Crippen LogP) is 1.28. The van der Waals surface area contributed by atoms with E-state index in [0.29, 0.717) is 19.5 Å². The van der Waals surface area contributed by atoms with Crippen LogP contribution in [-0.4, -0.2) is 27.3 Å². The largest absolute Gasteiger partial charge is 0.330 e. The average molecular weight is 270 g/mol. The van der Waals surface area contributed by atoms with Gasteiger partial charge in [0.2, 0.25) is 10.0 Å². The molecule has 0 saturated heterocycles. The lowest BCUT2D eigenvalue weighted by Crippen LogP contribution is -2.27. The van der Waals surface area contributed by atoms with Crippen molar-refractivity contribution in [3.05, 3.63) is 35.9 Å². The van der Waals surface area contributed by atoms with Crippen LogP contribution in [-0.2, 0) is 16.4 Å². The Bertz CT molecular complexity index is 418. The van der Waals surface area contributed by atoms with Crippen molar-refractivity contribution in [3.63, 3.8) is 0 Å². The number of nitrogens with one attached hydrogen (secondary N) is 1. The summed E-state index contributed by atoms with van der Waals surface area (Å²) in [6.45, 7) is 1.05. The van der Waals surface area contributed by atoms with E-state index in [-0.39, 0.29) is 5.75 Å². The number of hydrogen-bond acceptors (Lipinski definition) is 3. The van der Waals surface area contributed by atoms with E-state index in [1.807, 2.05) is 18.2 Å². The highest BCUT2D eigenvalue weighted by molar-refractivity contribution is 7.89.